The molecule has 1 radical (unpaired) electrons. The maximum atomic E-state index is 0. The number of hydrogen-bond donors (Lipinski definition) is 1. The molecule has 0 amide bonds. The molecule has 0 aliphatic rings. The standard InChI is InChI=1S/CH4.Ag.Fe.H3N.H2O/h1H4;;;1H3;1H2. The molecule has 0 fully saturated rings. The van der Waals surface area contributed by atoms with Crippen molar-refractivity contribution in [3.8, 4) is 0 Å². The second-order valence-electron chi connectivity index (χ2n) is 0. The summed E-state index contributed by atoms with van der Waals surface area (Å²) < 4.78 is 0. The third-order valence-corrected chi connectivity index (χ3v) is 0. The van der Waals surface area contributed by atoms with Crippen LogP contribution in [0.5, 0.6) is 0 Å². The van der Waals surface area contributed by atoms with Gasteiger partial charge in [0.1, 0.15) is 0 Å². The van der Waals surface area contributed by atoms with Crippen molar-refractivity contribution in [2.45, 2.75) is 7.43 Å². The molecule has 0 atom stereocenters. The van der Waals surface area contributed by atoms with Crippen LogP contribution in [-0.4, -0.2) is 5.48 Å². The number of hydrogen-bond acceptors (Lipinski definition) is 1. The van der Waals surface area contributed by atoms with E-state index in [4.69, 9.17) is 0 Å². The zero-order valence-electron chi connectivity index (χ0n) is 1.86. The fourth-order valence-electron chi connectivity index (χ4n) is 0. The Balaban J connectivity index is 0. The summed E-state index contributed by atoms with van der Waals surface area (Å²) in [6.45, 7) is 0. The van der Waals surface area contributed by atoms with Gasteiger partial charge in [-0.3, -0.25) is 0 Å². The van der Waals surface area contributed by atoms with Gasteiger partial charge in [0.25, 0.3) is 0 Å². The fourth-order valence-corrected chi connectivity index (χ4v) is 0. The van der Waals surface area contributed by atoms with E-state index in [0.29, 0.717) is 0 Å². The Morgan fingerprint density at radius 3 is 1.00 bits per heavy atom. The van der Waals surface area contributed by atoms with Crippen molar-refractivity contribution in [2.24, 2.45) is 0 Å². The first kappa shape index (κ1) is 119. The van der Waals surface area contributed by atoms with Crippen molar-refractivity contribution in [3.05, 3.63) is 0 Å². The molecule has 5 N–H and O–H groups in total. The normalized spacial score (nSPS) is 0. The van der Waals surface area contributed by atoms with Crippen molar-refractivity contribution in [1.29, 1.82) is 0 Å². The second kappa shape index (κ2) is 65.0. The third kappa shape index (κ3) is 37.6. The Morgan fingerprint density at radius 2 is 1.00 bits per heavy atom. The van der Waals surface area contributed by atoms with Gasteiger partial charge in [-0.1, -0.05) is 7.43 Å². The van der Waals surface area contributed by atoms with Gasteiger partial charge in [0.15, 0.2) is 0 Å². The van der Waals surface area contributed by atoms with Crippen LogP contribution in [-0.2, 0) is 39.4 Å². The van der Waals surface area contributed by atoms with Crippen LogP contribution < -0.4 is 6.15 Å². The van der Waals surface area contributed by atoms with Crippen molar-refractivity contribution in [3.63, 3.8) is 0 Å². The molecule has 0 unspecified atom stereocenters. The molecule has 0 saturated heterocycles. The van der Waals surface area contributed by atoms with E-state index in [-0.39, 0.29) is 58.5 Å². The summed E-state index contributed by atoms with van der Waals surface area (Å²) in [5.74, 6) is 0. The molecule has 0 bridgehead atoms. The molecular formula is CH9AgFeNO. The summed E-state index contributed by atoms with van der Waals surface area (Å²) in [5, 5.41) is 0. The Labute approximate surface area is 58.6 Å². The van der Waals surface area contributed by atoms with Crippen LogP contribution in [0.2, 0.25) is 0 Å². The van der Waals surface area contributed by atoms with E-state index >= 15 is 0 Å². The van der Waals surface area contributed by atoms with Crippen LogP contribution in [0, 0.1) is 0 Å². The van der Waals surface area contributed by atoms with Gasteiger partial charge < -0.3 is 11.6 Å². The quantitative estimate of drug-likeness (QED) is 0.566. The van der Waals surface area contributed by atoms with Crippen molar-refractivity contribution in [1.82, 2.24) is 6.15 Å². The molecule has 0 spiro atoms. The molecule has 0 aliphatic carbocycles. The van der Waals surface area contributed by atoms with Gasteiger partial charge in [-0.05, 0) is 0 Å². The molecule has 4 heteroatoms. The van der Waals surface area contributed by atoms with Gasteiger partial charge in [0, 0.05) is 39.4 Å². The van der Waals surface area contributed by atoms with Gasteiger partial charge in [-0.25, -0.2) is 0 Å². The van der Waals surface area contributed by atoms with Gasteiger partial charge in [-0.15, -0.1) is 0 Å². The van der Waals surface area contributed by atoms with E-state index in [1.807, 2.05) is 0 Å². The summed E-state index contributed by atoms with van der Waals surface area (Å²) >= 11 is 0. The molecule has 0 rings (SSSR count). The largest absolute Gasteiger partial charge is 0.412 e. The molecule has 0 aromatic rings. The SMILES string of the molecule is C.N.O.[Ag].[Fe]. The van der Waals surface area contributed by atoms with E-state index in [9.17, 15) is 0 Å². The zero-order valence-corrected chi connectivity index (χ0v) is 4.45. The monoisotopic (exact) mass is 214 g/mol. The zero-order chi connectivity index (χ0) is 0. The minimum atomic E-state index is 0. The van der Waals surface area contributed by atoms with Crippen LogP contribution >= 0.6 is 0 Å². The predicted molar refractivity (Wildman–Crippen MR) is 15.4 cm³/mol. The molecule has 0 aliphatic heterocycles. The van der Waals surface area contributed by atoms with Gasteiger partial charge in [0.2, 0.25) is 0 Å². The summed E-state index contributed by atoms with van der Waals surface area (Å²) in [5.41, 5.74) is 0. The summed E-state index contributed by atoms with van der Waals surface area (Å²) in [7, 11) is 0. The van der Waals surface area contributed by atoms with Crippen LogP contribution in [0.3, 0.4) is 0 Å². The molecule has 0 aromatic heterocycles. The van der Waals surface area contributed by atoms with Crippen LogP contribution in [0.4, 0.5) is 0 Å². The first-order chi connectivity index (χ1) is 0. The average molecular weight is 215 g/mol. The molecule has 0 saturated carbocycles. The van der Waals surface area contributed by atoms with Crippen LogP contribution in [0.1, 0.15) is 7.43 Å². The second-order valence-corrected chi connectivity index (χ2v) is 0. The first-order valence-electron chi connectivity index (χ1n) is 0. The minimum Gasteiger partial charge on any atom is -0.412 e. The van der Waals surface area contributed by atoms with Crippen molar-refractivity contribution >= 4 is 0 Å². The topological polar surface area (TPSA) is 66.5 Å². The molecular weight excluding hydrogens is 206 g/mol. The third-order valence-electron chi connectivity index (χ3n) is 0. The van der Waals surface area contributed by atoms with Crippen LogP contribution in [0.15, 0.2) is 0 Å². The molecule has 5 heavy (non-hydrogen) atoms. The molecule has 43 valence electrons. The van der Waals surface area contributed by atoms with Crippen LogP contribution in [0.25, 0.3) is 0 Å². The van der Waals surface area contributed by atoms with E-state index in [1.165, 1.54) is 0 Å². The summed E-state index contributed by atoms with van der Waals surface area (Å²) in [6, 6.07) is 0. The van der Waals surface area contributed by atoms with E-state index in [0.717, 1.165) is 0 Å². The average Bonchev–Trinajstić information content (AvgIpc) is 0. The van der Waals surface area contributed by atoms with Crippen molar-refractivity contribution < 1.29 is 44.9 Å². The summed E-state index contributed by atoms with van der Waals surface area (Å²) in [6.07, 6.45) is 0. The smallest absolute Gasteiger partial charge is 0 e. The summed E-state index contributed by atoms with van der Waals surface area (Å²) in [4.78, 5) is 0. The Hall–Kier alpha value is 1.18. The van der Waals surface area contributed by atoms with E-state index in [2.05, 4.69) is 0 Å². The Bertz CT molecular complexity index is 11.6. The van der Waals surface area contributed by atoms with Gasteiger partial charge in [0.05, 0.1) is 0 Å². The van der Waals surface area contributed by atoms with Gasteiger partial charge in [-0.2, -0.15) is 0 Å². The van der Waals surface area contributed by atoms with Gasteiger partial charge >= 0.3 is 0 Å². The van der Waals surface area contributed by atoms with E-state index in [1.54, 1.807) is 0 Å². The minimum absolute atomic E-state index is 0. The maximum absolute atomic E-state index is 0. The molecule has 0 heterocycles. The fraction of sp³-hybridized carbons (Fsp3) is 1.00. The Morgan fingerprint density at radius 1 is 1.00 bits per heavy atom. The first-order valence-corrected chi connectivity index (χ1v) is 0. The maximum Gasteiger partial charge on any atom is 0 e. The van der Waals surface area contributed by atoms with E-state index < -0.39 is 0 Å². The Kier molecular flexibility index (Phi) is 1550. The number of rotatable bonds is 0. The predicted octanol–water partition coefficient (Wildman–Crippen LogP) is -0.0316. The molecule has 2 nitrogen and oxygen atoms in total. The molecule has 0 aromatic carbocycles. The van der Waals surface area contributed by atoms with Crippen molar-refractivity contribution in [2.75, 3.05) is 0 Å².